The van der Waals surface area contributed by atoms with E-state index in [9.17, 15) is 14.3 Å². The maximum atomic E-state index is 14.6. The van der Waals surface area contributed by atoms with Crippen molar-refractivity contribution in [2.45, 2.75) is 76.3 Å². The molecule has 2 fully saturated rings. The molecule has 1 N–H and O–H groups in total. The summed E-state index contributed by atoms with van der Waals surface area (Å²) in [6.45, 7) is 7.09. The van der Waals surface area contributed by atoms with Crippen LogP contribution in [0.3, 0.4) is 0 Å². The van der Waals surface area contributed by atoms with E-state index in [0.29, 0.717) is 30.8 Å². The van der Waals surface area contributed by atoms with Gasteiger partial charge in [-0.2, -0.15) is 0 Å². The average molecular weight is 470 g/mol. The van der Waals surface area contributed by atoms with Gasteiger partial charge >= 0.3 is 0 Å². The van der Waals surface area contributed by atoms with Crippen molar-refractivity contribution in [3.8, 4) is 0 Å². The normalized spacial score (nSPS) is 22.7. The summed E-state index contributed by atoms with van der Waals surface area (Å²) < 4.78 is 27.3. The fourth-order valence-electron chi connectivity index (χ4n) is 5.28. The number of carbonyl (C=O) groups is 1. The summed E-state index contributed by atoms with van der Waals surface area (Å²) >= 11 is 0. The molecule has 0 aliphatic carbocycles. The van der Waals surface area contributed by atoms with Crippen LogP contribution in [0, 0.1) is 5.82 Å². The van der Waals surface area contributed by atoms with E-state index in [0.717, 1.165) is 31.2 Å². The van der Waals surface area contributed by atoms with Gasteiger partial charge in [-0.05, 0) is 56.9 Å². The minimum atomic E-state index is -1.01. The van der Waals surface area contributed by atoms with Crippen molar-refractivity contribution in [3.63, 3.8) is 0 Å². The summed E-state index contributed by atoms with van der Waals surface area (Å²) in [6, 6.07) is 14.8. The molecule has 5 nitrogen and oxygen atoms in total. The van der Waals surface area contributed by atoms with E-state index in [1.54, 1.807) is 30.9 Å². The molecule has 1 amide bonds. The third kappa shape index (κ3) is 5.85. The second-order valence-electron chi connectivity index (χ2n) is 10.3. The van der Waals surface area contributed by atoms with Crippen molar-refractivity contribution in [2.75, 3.05) is 19.7 Å². The van der Waals surface area contributed by atoms with Gasteiger partial charge in [0.25, 0.3) is 5.91 Å². The van der Waals surface area contributed by atoms with Gasteiger partial charge in [-0.1, -0.05) is 36.4 Å². The zero-order valence-electron chi connectivity index (χ0n) is 20.4. The molecular weight excluding hydrogens is 433 g/mol. The van der Waals surface area contributed by atoms with E-state index < -0.39 is 11.4 Å². The molecule has 0 saturated carbocycles. The van der Waals surface area contributed by atoms with Crippen LogP contribution in [0.2, 0.25) is 0 Å². The molecule has 2 saturated heterocycles. The lowest BCUT2D eigenvalue weighted by atomic mass is 9.80. The molecule has 0 unspecified atom stereocenters. The number of carbonyl (C=O) groups excluding carboxylic acids is 1. The Hall–Kier alpha value is -2.28. The monoisotopic (exact) mass is 469 g/mol. The van der Waals surface area contributed by atoms with Crippen molar-refractivity contribution < 1.29 is 23.8 Å². The van der Waals surface area contributed by atoms with Crippen molar-refractivity contribution >= 4 is 5.91 Å². The predicted molar refractivity (Wildman–Crippen MR) is 129 cm³/mol. The van der Waals surface area contributed by atoms with E-state index in [-0.39, 0.29) is 30.1 Å². The summed E-state index contributed by atoms with van der Waals surface area (Å²) in [5, 5.41) is 9.98. The summed E-state index contributed by atoms with van der Waals surface area (Å²) in [6.07, 6.45) is 3.41. The average Bonchev–Trinajstić information content (AvgIpc) is 2.80. The minimum Gasteiger partial charge on any atom is -0.390 e. The number of ether oxygens (including phenoxy) is 2. The molecule has 2 aromatic rings. The Kier molecular flexibility index (Phi) is 7.41. The molecule has 2 heterocycles. The van der Waals surface area contributed by atoms with Gasteiger partial charge in [0, 0.05) is 44.5 Å². The SMILES string of the molecule is CCO[C@H]1C[C@@H](c2ccccc2)OC2(CCN(C(=O)c3ccc(CC(C)(C)O)c(F)c3)CC2)C1. The molecule has 0 aromatic heterocycles. The second kappa shape index (κ2) is 10.1. The number of rotatable bonds is 6. The maximum Gasteiger partial charge on any atom is 0.253 e. The van der Waals surface area contributed by atoms with Crippen LogP contribution >= 0.6 is 0 Å². The van der Waals surface area contributed by atoms with E-state index >= 15 is 0 Å². The summed E-state index contributed by atoms with van der Waals surface area (Å²) in [5.74, 6) is -0.623. The zero-order chi connectivity index (χ0) is 24.3. The highest BCUT2D eigenvalue weighted by atomic mass is 19.1. The Bertz CT molecular complexity index is 980. The largest absolute Gasteiger partial charge is 0.390 e. The third-order valence-corrected chi connectivity index (χ3v) is 6.93. The number of piperidine rings is 1. The van der Waals surface area contributed by atoms with Crippen molar-refractivity contribution in [1.29, 1.82) is 0 Å². The Balaban J connectivity index is 1.44. The van der Waals surface area contributed by atoms with E-state index in [4.69, 9.17) is 9.47 Å². The number of halogens is 1. The lowest BCUT2D eigenvalue weighted by Crippen LogP contribution is -2.52. The van der Waals surface area contributed by atoms with Crippen LogP contribution in [0.25, 0.3) is 0 Å². The van der Waals surface area contributed by atoms with Gasteiger partial charge < -0.3 is 19.5 Å². The molecule has 6 heteroatoms. The van der Waals surface area contributed by atoms with Gasteiger partial charge in [0.1, 0.15) is 5.82 Å². The molecule has 2 aliphatic heterocycles. The third-order valence-electron chi connectivity index (χ3n) is 6.93. The Labute approximate surface area is 201 Å². The Morgan fingerprint density at radius 2 is 1.91 bits per heavy atom. The Morgan fingerprint density at radius 3 is 2.53 bits per heavy atom. The lowest BCUT2D eigenvalue weighted by Gasteiger charge is -2.48. The predicted octanol–water partition coefficient (Wildman–Crippen LogP) is 5.07. The minimum absolute atomic E-state index is 0.0221. The zero-order valence-corrected chi connectivity index (χ0v) is 20.4. The number of amides is 1. The van der Waals surface area contributed by atoms with Crippen LogP contribution in [-0.2, 0) is 15.9 Å². The fraction of sp³-hybridized carbons (Fsp3) is 0.536. The number of hydrogen-bond donors (Lipinski definition) is 1. The van der Waals surface area contributed by atoms with E-state index in [1.165, 1.54) is 6.07 Å². The summed E-state index contributed by atoms with van der Waals surface area (Å²) in [4.78, 5) is 14.9. The number of aliphatic hydroxyl groups is 1. The first kappa shape index (κ1) is 24.8. The number of nitrogens with zero attached hydrogens (tertiary/aromatic N) is 1. The van der Waals surface area contributed by atoms with Gasteiger partial charge in [0.2, 0.25) is 0 Å². The van der Waals surface area contributed by atoms with Crippen molar-refractivity contribution in [1.82, 2.24) is 4.90 Å². The maximum absolute atomic E-state index is 14.6. The van der Waals surface area contributed by atoms with Gasteiger partial charge in [0.05, 0.1) is 23.4 Å². The van der Waals surface area contributed by atoms with Crippen molar-refractivity contribution in [2.24, 2.45) is 0 Å². The first-order valence-corrected chi connectivity index (χ1v) is 12.3. The van der Waals surface area contributed by atoms with Crippen LogP contribution in [-0.4, -0.2) is 52.9 Å². The van der Waals surface area contributed by atoms with Crippen LogP contribution < -0.4 is 0 Å². The second-order valence-corrected chi connectivity index (χ2v) is 10.3. The summed E-state index contributed by atoms with van der Waals surface area (Å²) in [5.41, 5.74) is 0.575. The smallest absolute Gasteiger partial charge is 0.253 e. The highest BCUT2D eigenvalue weighted by molar-refractivity contribution is 5.94. The number of hydrogen-bond acceptors (Lipinski definition) is 4. The molecular formula is C28H36FNO4. The molecule has 0 radical (unpaired) electrons. The Morgan fingerprint density at radius 1 is 1.21 bits per heavy atom. The van der Waals surface area contributed by atoms with E-state index in [2.05, 4.69) is 12.1 Å². The van der Waals surface area contributed by atoms with Gasteiger partial charge in [-0.25, -0.2) is 4.39 Å². The van der Waals surface area contributed by atoms with Crippen molar-refractivity contribution in [3.05, 3.63) is 71.0 Å². The highest BCUT2D eigenvalue weighted by Crippen LogP contribution is 2.44. The molecule has 1 spiro atoms. The van der Waals surface area contributed by atoms with E-state index in [1.807, 2.05) is 25.1 Å². The standard InChI is InChI=1S/C28H36FNO4/c1-4-33-23-17-25(20-8-6-5-7-9-20)34-28(19-23)12-14-30(15-13-28)26(31)21-10-11-22(24(29)16-21)18-27(2,3)32/h5-11,16,23,25,32H,4,12-15,17-19H2,1-3H3/t23-,25-/m0/s1. The number of likely N-dealkylation sites (tertiary alicyclic amines) is 1. The molecule has 34 heavy (non-hydrogen) atoms. The quantitative estimate of drug-likeness (QED) is 0.642. The molecule has 2 aliphatic rings. The summed E-state index contributed by atoms with van der Waals surface area (Å²) in [7, 11) is 0. The molecule has 2 aromatic carbocycles. The fourth-order valence-corrected chi connectivity index (χ4v) is 5.28. The lowest BCUT2D eigenvalue weighted by molar-refractivity contribution is -0.190. The molecule has 4 rings (SSSR count). The van der Waals surface area contributed by atoms with Crippen LogP contribution in [0.15, 0.2) is 48.5 Å². The highest BCUT2D eigenvalue weighted by Gasteiger charge is 2.45. The topological polar surface area (TPSA) is 59.0 Å². The van der Waals surface area contributed by atoms with Gasteiger partial charge in [-0.15, -0.1) is 0 Å². The first-order chi connectivity index (χ1) is 16.2. The van der Waals surface area contributed by atoms with Crippen LogP contribution in [0.1, 0.15) is 74.0 Å². The van der Waals surface area contributed by atoms with Crippen LogP contribution in [0.4, 0.5) is 4.39 Å². The van der Waals surface area contributed by atoms with Gasteiger partial charge in [-0.3, -0.25) is 4.79 Å². The van der Waals surface area contributed by atoms with Crippen LogP contribution in [0.5, 0.6) is 0 Å². The van der Waals surface area contributed by atoms with Gasteiger partial charge in [0.15, 0.2) is 0 Å². The molecule has 2 atom stereocenters. The molecule has 0 bridgehead atoms. The molecule has 184 valence electrons. The first-order valence-electron chi connectivity index (χ1n) is 12.3. The number of benzene rings is 2.